The third kappa shape index (κ3) is 8.73. The lowest BCUT2D eigenvalue weighted by Crippen LogP contribution is -2.52. The van der Waals surface area contributed by atoms with Gasteiger partial charge in [-0.05, 0) is 60.9 Å². The fourth-order valence-corrected chi connectivity index (χ4v) is 5.87. The summed E-state index contributed by atoms with van der Waals surface area (Å²) in [5.41, 5.74) is -0.759. The summed E-state index contributed by atoms with van der Waals surface area (Å²) < 4.78 is 74.3. The van der Waals surface area contributed by atoms with Gasteiger partial charge in [-0.3, -0.25) is 13.9 Å². The first-order valence-electron chi connectivity index (χ1n) is 13.9. The highest BCUT2D eigenvalue weighted by atomic mass is 32.2. The average Bonchev–Trinajstić information content (AvgIpc) is 3.00. The minimum absolute atomic E-state index is 0.0512. The van der Waals surface area contributed by atoms with E-state index in [9.17, 15) is 31.2 Å². The molecule has 1 atom stereocenters. The topological polar surface area (TPSA) is 96.0 Å². The van der Waals surface area contributed by atoms with Crippen LogP contribution in [-0.4, -0.2) is 51.4 Å². The number of amides is 2. The van der Waals surface area contributed by atoms with E-state index < -0.39 is 46.2 Å². The van der Waals surface area contributed by atoms with Crippen LogP contribution in [-0.2, 0) is 32.3 Å². The number of nitrogens with one attached hydrogen (secondary N) is 1. The van der Waals surface area contributed by atoms with Crippen molar-refractivity contribution in [2.45, 2.75) is 56.8 Å². The summed E-state index contributed by atoms with van der Waals surface area (Å²) >= 11 is 0. The predicted molar refractivity (Wildman–Crippen MR) is 158 cm³/mol. The number of anilines is 1. The molecule has 232 valence electrons. The quantitative estimate of drug-likeness (QED) is 0.236. The predicted octanol–water partition coefficient (Wildman–Crippen LogP) is 5.63. The van der Waals surface area contributed by atoms with Gasteiger partial charge in [0.1, 0.15) is 18.3 Å². The third-order valence-corrected chi connectivity index (χ3v) is 8.59. The van der Waals surface area contributed by atoms with Crippen molar-refractivity contribution in [1.82, 2.24) is 10.2 Å². The van der Waals surface area contributed by atoms with E-state index in [2.05, 4.69) is 5.32 Å². The number of hydrogen-bond donors (Lipinski definition) is 1. The van der Waals surface area contributed by atoms with Crippen LogP contribution in [0.1, 0.15) is 44.2 Å². The van der Waals surface area contributed by atoms with Gasteiger partial charge in [0.25, 0.3) is 10.0 Å². The molecule has 0 aromatic heterocycles. The van der Waals surface area contributed by atoms with Crippen LogP contribution in [0.25, 0.3) is 0 Å². The Morgan fingerprint density at radius 2 is 1.63 bits per heavy atom. The number of benzene rings is 3. The van der Waals surface area contributed by atoms with Crippen LogP contribution in [0.4, 0.5) is 18.9 Å². The van der Waals surface area contributed by atoms with E-state index in [1.807, 2.05) is 6.92 Å². The summed E-state index contributed by atoms with van der Waals surface area (Å²) in [6.45, 7) is 3.20. The van der Waals surface area contributed by atoms with Gasteiger partial charge in [0.15, 0.2) is 0 Å². The molecule has 0 spiro atoms. The fraction of sp³-hybridized carbons (Fsp3) is 0.355. The number of carbonyl (C=O) groups is 2. The summed E-state index contributed by atoms with van der Waals surface area (Å²) in [6.07, 6.45) is -2.95. The van der Waals surface area contributed by atoms with Crippen molar-refractivity contribution >= 4 is 27.5 Å². The number of hydrogen-bond acceptors (Lipinski definition) is 5. The number of nitrogens with zero attached hydrogens (tertiary/aromatic N) is 2. The highest BCUT2D eigenvalue weighted by Crippen LogP contribution is 2.33. The maximum Gasteiger partial charge on any atom is 0.416 e. The Bertz CT molecular complexity index is 1470. The van der Waals surface area contributed by atoms with E-state index in [0.29, 0.717) is 28.2 Å². The SMILES string of the molecule is CCCCNC(=O)[C@H](CC)N(Cc1ccc(OC)cc1)C(=O)CN(c1cccc(C(F)(F)F)c1)S(=O)(=O)c1ccccc1. The molecule has 3 aromatic rings. The van der Waals surface area contributed by atoms with Gasteiger partial charge < -0.3 is 15.0 Å². The third-order valence-electron chi connectivity index (χ3n) is 6.80. The zero-order chi connectivity index (χ0) is 31.6. The van der Waals surface area contributed by atoms with Gasteiger partial charge >= 0.3 is 6.18 Å². The Hall–Kier alpha value is -4.06. The molecule has 0 aliphatic carbocycles. The maximum atomic E-state index is 14.0. The van der Waals surface area contributed by atoms with E-state index in [0.717, 1.165) is 25.0 Å². The summed E-state index contributed by atoms with van der Waals surface area (Å²) in [6, 6.07) is 16.8. The molecule has 0 heterocycles. The molecule has 8 nitrogen and oxygen atoms in total. The molecular formula is C31H36F3N3O5S. The van der Waals surface area contributed by atoms with Gasteiger partial charge in [0, 0.05) is 13.1 Å². The van der Waals surface area contributed by atoms with Crippen molar-refractivity contribution in [3.63, 3.8) is 0 Å². The zero-order valence-corrected chi connectivity index (χ0v) is 25.1. The van der Waals surface area contributed by atoms with Crippen molar-refractivity contribution in [3.05, 3.63) is 90.0 Å². The lowest BCUT2D eigenvalue weighted by molar-refractivity contribution is -0.140. The Labute approximate surface area is 250 Å². The van der Waals surface area contributed by atoms with Gasteiger partial charge in [0.05, 0.1) is 23.3 Å². The summed E-state index contributed by atoms with van der Waals surface area (Å²) in [4.78, 5) is 28.3. The zero-order valence-electron chi connectivity index (χ0n) is 24.3. The van der Waals surface area contributed by atoms with E-state index in [1.165, 1.54) is 42.3 Å². The Morgan fingerprint density at radius 3 is 2.21 bits per heavy atom. The van der Waals surface area contributed by atoms with Crippen molar-refractivity contribution in [3.8, 4) is 5.75 Å². The van der Waals surface area contributed by atoms with Crippen molar-refractivity contribution in [2.24, 2.45) is 0 Å². The van der Waals surface area contributed by atoms with Crippen LogP contribution in [0, 0.1) is 0 Å². The standard InChI is InChI=1S/C31H36F3N3O5S/c1-4-6-19-35-30(39)28(5-2)36(21-23-15-17-26(42-3)18-16-23)29(38)22-37(43(40,41)27-13-8-7-9-14-27)25-12-10-11-24(20-25)31(32,33)34/h7-18,20,28H,4-6,19,21-22H2,1-3H3,(H,35,39)/t28-/m0/s1. The molecule has 0 saturated carbocycles. The average molecular weight is 620 g/mol. The molecule has 0 saturated heterocycles. The molecule has 3 rings (SSSR count). The van der Waals surface area contributed by atoms with E-state index in [4.69, 9.17) is 4.74 Å². The highest BCUT2D eigenvalue weighted by Gasteiger charge is 2.35. The second-order valence-electron chi connectivity index (χ2n) is 9.81. The summed E-state index contributed by atoms with van der Waals surface area (Å²) in [5.74, 6) is -0.588. The number of sulfonamides is 1. The van der Waals surface area contributed by atoms with E-state index >= 15 is 0 Å². The molecule has 0 radical (unpaired) electrons. The number of rotatable bonds is 14. The Balaban J connectivity index is 2.08. The number of alkyl halides is 3. The number of halogens is 3. The Kier molecular flexibility index (Phi) is 11.6. The van der Waals surface area contributed by atoms with Crippen LogP contribution in [0.15, 0.2) is 83.8 Å². The highest BCUT2D eigenvalue weighted by molar-refractivity contribution is 7.92. The fourth-order valence-electron chi connectivity index (χ4n) is 4.44. The second-order valence-corrected chi connectivity index (χ2v) is 11.7. The molecule has 2 amide bonds. The van der Waals surface area contributed by atoms with Crippen molar-refractivity contribution < 1.29 is 35.9 Å². The molecule has 0 unspecified atom stereocenters. The summed E-state index contributed by atoms with van der Waals surface area (Å²) in [5, 5.41) is 2.83. The van der Waals surface area contributed by atoms with Gasteiger partial charge in [-0.2, -0.15) is 13.2 Å². The first-order chi connectivity index (χ1) is 20.4. The minimum Gasteiger partial charge on any atom is -0.497 e. The molecule has 0 aliphatic rings. The van der Waals surface area contributed by atoms with Crippen LogP contribution >= 0.6 is 0 Å². The molecule has 12 heteroatoms. The monoisotopic (exact) mass is 619 g/mol. The van der Waals surface area contributed by atoms with E-state index in [1.54, 1.807) is 37.3 Å². The largest absolute Gasteiger partial charge is 0.497 e. The number of methoxy groups -OCH3 is 1. The maximum absolute atomic E-state index is 14.0. The molecule has 0 bridgehead atoms. The van der Waals surface area contributed by atoms with Crippen molar-refractivity contribution in [2.75, 3.05) is 24.5 Å². The van der Waals surface area contributed by atoms with Gasteiger partial charge in [-0.1, -0.05) is 56.7 Å². The van der Waals surface area contributed by atoms with Crippen LogP contribution in [0.5, 0.6) is 5.75 Å². The Morgan fingerprint density at radius 1 is 0.953 bits per heavy atom. The van der Waals surface area contributed by atoms with Crippen LogP contribution in [0.3, 0.4) is 0 Å². The smallest absolute Gasteiger partial charge is 0.416 e. The van der Waals surface area contributed by atoms with Gasteiger partial charge in [-0.25, -0.2) is 8.42 Å². The van der Waals surface area contributed by atoms with Gasteiger partial charge in [-0.15, -0.1) is 0 Å². The molecular weight excluding hydrogens is 583 g/mol. The molecule has 43 heavy (non-hydrogen) atoms. The first-order valence-corrected chi connectivity index (χ1v) is 15.3. The minimum atomic E-state index is -4.74. The molecule has 1 N–H and O–H groups in total. The number of carbonyl (C=O) groups excluding carboxylic acids is 2. The van der Waals surface area contributed by atoms with Crippen molar-refractivity contribution in [1.29, 1.82) is 0 Å². The first kappa shape index (κ1) is 33.4. The van der Waals surface area contributed by atoms with Crippen LogP contribution < -0.4 is 14.4 Å². The summed E-state index contributed by atoms with van der Waals surface area (Å²) in [7, 11) is -2.99. The molecule has 3 aromatic carbocycles. The number of unbranched alkanes of at least 4 members (excludes halogenated alkanes) is 1. The molecule has 0 fully saturated rings. The number of ether oxygens (including phenoxy) is 1. The van der Waals surface area contributed by atoms with Gasteiger partial charge in [0.2, 0.25) is 11.8 Å². The molecule has 0 aliphatic heterocycles. The lowest BCUT2D eigenvalue weighted by Gasteiger charge is -2.33. The van der Waals surface area contributed by atoms with E-state index in [-0.39, 0.29) is 23.5 Å². The van der Waals surface area contributed by atoms with Crippen LogP contribution in [0.2, 0.25) is 0 Å². The normalized spacial score (nSPS) is 12.3. The lowest BCUT2D eigenvalue weighted by atomic mass is 10.1. The second kappa shape index (κ2) is 14.9.